The number of carbonyl (C=O) groups excluding carboxylic acids is 1. The van der Waals surface area contributed by atoms with Gasteiger partial charge < -0.3 is 9.64 Å². The molecule has 3 nitrogen and oxygen atoms in total. The second kappa shape index (κ2) is 6.99. The summed E-state index contributed by atoms with van der Waals surface area (Å²) in [5, 5.41) is 0. The fraction of sp³-hybridized carbons (Fsp3) is 0.500. The fourth-order valence-electron chi connectivity index (χ4n) is 2.30. The maximum atomic E-state index is 13.6. The van der Waals surface area contributed by atoms with Crippen molar-refractivity contribution in [3.8, 4) is 0 Å². The molecule has 0 spiro atoms. The highest BCUT2D eigenvalue weighted by atomic mass is 35.5. The molecule has 1 aromatic carbocycles. The van der Waals surface area contributed by atoms with Gasteiger partial charge in [-0.3, -0.25) is 4.79 Å². The Labute approximate surface area is 121 Å². The second-order valence-corrected chi connectivity index (χ2v) is 5.03. The van der Waals surface area contributed by atoms with Crippen molar-refractivity contribution >= 4 is 17.5 Å². The summed E-state index contributed by atoms with van der Waals surface area (Å²) in [6.07, 6.45) is 1.36. The first-order valence-corrected chi connectivity index (χ1v) is 7.07. The Morgan fingerprint density at radius 2 is 1.90 bits per heavy atom. The van der Waals surface area contributed by atoms with Gasteiger partial charge in [0.25, 0.3) is 5.91 Å². The molecule has 6 heteroatoms. The van der Waals surface area contributed by atoms with Crippen molar-refractivity contribution in [3.63, 3.8) is 0 Å². The van der Waals surface area contributed by atoms with Crippen LogP contribution in [0.1, 0.15) is 23.2 Å². The molecule has 1 fully saturated rings. The first-order valence-electron chi connectivity index (χ1n) is 6.54. The Balaban J connectivity index is 1.98. The van der Waals surface area contributed by atoms with E-state index in [0.717, 1.165) is 12.1 Å². The minimum Gasteiger partial charge on any atom is -0.377 e. The number of hydrogen-bond acceptors (Lipinski definition) is 2. The minimum atomic E-state index is -0.824. The van der Waals surface area contributed by atoms with E-state index >= 15 is 0 Å². The molecule has 1 heterocycles. The van der Waals surface area contributed by atoms with Gasteiger partial charge in [0, 0.05) is 19.0 Å². The summed E-state index contributed by atoms with van der Waals surface area (Å²) in [6.45, 7) is 1.33. The van der Waals surface area contributed by atoms with Crippen LogP contribution in [0.4, 0.5) is 8.78 Å². The number of amides is 1. The van der Waals surface area contributed by atoms with Crippen LogP contribution in [0.25, 0.3) is 0 Å². The number of rotatable bonds is 4. The van der Waals surface area contributed by atoms with Crippen LogP contribution in [0.2, 0.25) is 0 Å². The predicted molar refractivity (Wildman–Crippen MR) is 72.0 cm³/mol. The lowest BCUT2D eigenvalue weighted by Gasteiger charge is -2.32. The van der Waals surface area contributed by atoms with E-state index in [9.17, 15) is 13.6 Å². The van der Waals surface area contributed by atoms with E-state index in [1.807, 2.05) is 0 Å². The highest BCUT2D eigenvalue weighted by Gasteiger charge is 2.27. The van der Waals surface area contributed by atoms with Crippen LogP contribution in [0, 0.1) is 11.6 Å². The zero-order chi connectivity index (χ0) is 14.5. The van der Waals surface area contributed by atoms with Crippen LogP contribution in [-0.4, -0.2) is 42.5 Å². The third-order valence-corrected chi connectivity index (χ3v) is 3.49. The molecule has 110 valence electrons. The molecule has 1 saturated heterocycles. The van der Waals surface area contributed by atoms with E-state index in [4.69, 9.17) is 16.3 Å². The van der Waals surface area contributed by atoms with Crippen molar-refractivity contribution in [1.82, 2.24) is 4.90 Å². The van der Waals surface area contributed by atoms with Gasteiger partial charge >= 0.3 is 0 Å². The molecule has 1 aliphatic heterocycles. The summed E-state index contributed by atoms with van der Waals surface area (Å²) in [5.41, 5.74) is -0.479. The molecule has 0 atom stereocenters. The van der Waals surface area contributed by atoms with Crippen molar-refractivity contribution in [2.24, 2.45) is 0 Å². The standard InChI is InChI=1S/C14H16ClF2NO2/c15-6-9-20-10-4-7-18(8-5-10)14(19)13-11(16)2-1-3-12(13)17/h1-3,10H,4-9H2. The monoisotopic (exact) mass is 303 g/mol. The Kier molecular flexibility index (Phi) is 5.31. The van der Waals surface area contributed by atoms with E-state index in [1.54, 1.807) is 0 Å². The normalized spacial score (nSPS) is 16.4. The van der Waals surface area contributed by atoms with Crippen LogP contribution in [0.5, 0.6) is 0 Å². The van der Waals surface area contributed by atoms with Gasteiger partial charge in [0.1, 0.15) is 17.2 Å². The van der Waals surface area contributed by atoms with Crippen molar-refractivity contribution < 1.29 is 18.3 Å². The quantitative estimate of drug-likeness (QED) is 0.801. The van der Waals surface area contributed by atoms with Crippen LogP contribution in [0.15, 0.2) is 18.2 Å². The van der Waals surface area contributed by atoms with E-state index in [-0.39, 0.29) is 6.10 Å². The highest BCUT2D eigenvalue weighted by Crippen LogP contribution is 2.19. The molecular formula is C14H16ClF2NO2. The second-order valence-electron chi connectivity index (χ2n) is 4.65. The summed E-state index contributed by atoms with van der Waals surface area (Å²) in [4.78, 5) is 13.6. The number of carbonyl (C=O) groups is 1. The number of likely N-dealkylation sites (tertiary alicyclic amines) is 1. The van der Waals surface area contributed by atoms with Gasteiger partial charge in [0.15, 0.2) is 0 Å². The lowest BCUT2D eigenvalue weighted by molar-refractivity contribution is 0.0151. The third-order valence-electron chi connectivity index (χ3n) is 3.34. The molecule has 1 aromatic rings. The summed E-state index contributed by atoms with van der Waals surface area (Å²) in [7, 11) is 0. The summed E-state index contributed by atoms with van der Waals surface area (Å²) in [5.74, 6) is -1.82. The minimum absolute atomic E-state index is 0.0586. The highest BCUT2D eigenvalue weighted by molar-refractivity contribution is 6.17. The maximum absolute atomic E-state index is 13.6. The smallest absolute Gasteiger partial charge is 0.259 e. The number of ether oxygens (including phenoxy) is 1. The number of piperidine rings is 1. The molecule has 0 N–H and O–H groups in total. The van der Waals surface area contributed by atoms with Gasteiger partial charge in [-0.05, 0) is 25.0 Å². The first-order chi connectivity index (χ1) is 9.63. The van der Waals surface area contributed by atoms with Gasteiger partial charge in [-0.25, -0.2) is 8.78 Å². The zero-order valence-corrected chi connectivity index (χ0v) is 11.7. The molecule has 0 bridgehead atoms. The van der Waals surface area contributed by atoms with Crippen molar-refractivity contribution in [2.45, 2.75) is 18.9 Å². The average Bonchev–Trinajstić information content (AvgIpc) is 2.45. The molecule has 1 amide bonds. The van der Waals surface area contributed by atoms with Gasteiger partial charge in [-0.15, -0.1) is 11.6 Å². The third kappa shape index (κ3) is 3.46. The average molecular weight is 304 g/mol. The molecule has 0 saturated carbocycles. The van der Waals surface area contributed by atoms with Gasteiger partial charge in [0.05, 0.1) is 12.7 Å². The number of alkyl halides is 1. The number of benzene rings is 1. The molecule has 0 radical (unpaired) electrons. The number of halogens is 3. The Hall–Kier alpha value is -1.20. The van der Waals surface area contributed by atoms with Crippen LogP contribution in [-0.2, 0) is 4.74 Å². The summed E-state index contributed by atoms with van der Waals surface area (Å²) in [6, 6.07) is 3.42. The van der Waals surface area contributed by atoms with E-state index in [2.05, 4.69) is 0 Å². The Morgan fingerprint density at radius 3 is 2.45 bits per heavy atom. The lowest BCUT2D eigenvalue weighted by atomic mass is 10.1. The number of hydrogen-bond donors (Lipinski definition) is 0. The lowest BCUT2D eigenvalue weighted by Crippen LogP contribution is -2.41. The van der Waals surface area contributed by atoms with Crippen molar-refractivity contribution in [2.75, 3.05) is 25.6 Å². The molecule has 0 unspecified atom stereocenters. The molecule has 20 heavy (non-hydrogen) atoms. The maximum Gasteiger partial charge on any atom is 0.259 e. The Bertz CT molecular complexity index is 456. The van der Waals surface area contributed by atoms with E-state index in [0.29, 0.717) is 38.4 Å². The van der Waals surface area contributed by atoms with Crippen LogP contribution >= 0.6 is 11.6 Å². The molecular weight excluding hydrogens is 288 g/mol. The largest absolute Gasteiger partial charge is 0.377 e. The van der Waals surface area contributed by atoms with Gasteiger partial charge in [-0.1, -0.05) is 6.07 Å². The number of nitrogens with zero attached hydrogens (tertiary/aromatic N) is 1. The van der Waals surface area contributed by atoms with Gasteiger partial charge in [0.2, 0.25) is 0 Å². The topological polar surface area (TPSA) is 29.5 Å². The molecule has 0 aromatic heterocycles. The van der Waals surface area contributed by atoms with Crippen molar-refractivity contribution in [3.05, 3.63) is 35.4 Å². The van der Waals surface area contributed by atoms with Crippen LogP contribution in [0.3, 0.4) is 0 Å². The Morgan fingerprint density at radius 1 is 1.30 bits per heavy atom. The molecule has 0 aliphatic carbocycles. The SMILES string of the molecule is O=C(c1c(F)cccc1F)N1CCC(OCCCl)CC1. The zero-order valence-electron chi connectivity index (χ0n) is 10.9. The van der Waals surface area contributed by atoms with Crippen molar-refractivity contribution in [1.29, 1.82) is 0 Å². The first kappa shape index (κ1) is 15.2. The van der Waals surface area contributed by atoms with Gasteiger partial charge in [-0.2, -0.15) is 0 Å². The van der Waals surface area contributed by atoms with E-state index < -0.39 is 23.1 Å². The fourth-order valence-corrected chi connectivity index (χ4v) is 2.39. The molecule has 1 aliphatic rings. The van der Waals surface area contributed by atoms with E-state index in [1.165, 1.54) is 11.0 Å². The summed E-state index contributed by atoms with van der Waals surface area (Å²) < 4.78 is 32.6. The van der Waals surface area contributed by atoms with Crippen LogP contribution < -0.4 is 0 Å². The summed E-state index contributed by atoms with van der Waals surface area (Å²) >= 11 is 5.54. The molecule has 2 rings (SSSR count). The predicted octanol–water partition coefficient (Wildman–Crippen LogP) is 2.82.